The lowest BCUT2D eigenvalue weighted by molar-refractivity contribution is -0.143. The Bertz CT molecular complexity index is 302. The summed E-state index contributed by atoms with van der Waals surface area (Å²) in [7, 11) is 0. The average molecular weight is 166 g/mol. The SMILES string of the molecule is CC(=O)On1cc(C2CC2)cn1. The minimum atomic E-state index is -0.347. The maximum absolute atomic E-state index is 10.5. The van der Waals surface area contributed by atoms with Gasteiger partial charge in [0.25, 0.3) is 0 Å². The van der Waals surface area contributed by atoms with Gasteiger partial charge < -0.3 is 4.84 Å². The first-order valence-corrected chi connectivity index (χ1v) is 3.99. The summed E-state index contributed by atoms with van der Waals surface area (Å²) in [5, 5.41) is 3.89. The number of hydrogen-bond donors (Lipinski definition) is 0. The molecule has 1 aromatic heterocycles. The van der Waals surface area contributed by atoms with E-state index in [0.717, 1.165) is 5.56 Å². The fraction of sp³-hybridized carbons (Fsp3) is 0.500. The minimum absolute atomic E-state index is 0.347. The van der Waals surface area contributed by atoms with Gasteiger partial charge in [-0.15, -0.1) is 5.10 Å². The molecule has 0 spiro atoms. The van der Waals surface area contributed by atoms with Gasteiger partial charge in [0, 0.05) is 6.92 Å². The maximum atomic E-state index is 10.5. The van der Waals surface area contributed by atoms with Crippen LogP contribution in [0.1, 0.15) is 31.2 Å². The fourth-order valence-corrected chi connectivity index (χ4v) is 1.13. The summed E-state index contributed by atoms with van der Waals surface area (Å²) in [6.45, 7) is 1.36. The van der Waals surface area contributed by atoms with E-state index < -0.39 is 0 Å². The standard InChI is InChI=1S/C8H10N2O2/c1-6(11)12-10-5-8(4-9-10)7-2-3-7/h4-5,7H,2-3H2,1H3. The van der Waals surface area contributed by atoms with Crippen molar-refractivity contribution in [2.45, 2.75) is 25.7 Å². The zero-order valence-electron chi connectivity index (χ0n) is 6.86. The summed E-state index contributed by atoms with van der Waals surface area (Å²) >= 11 is 0. The maximum Gasteiger partial charge on any atom is 0.331 e. The van der Waals surface area contributed by atoms with Crippen LogP contribution in [0.2, 0.25) is 0 Å². The van der Waals surface area contributed by atoms with Crippen molar-refractivity contribution in [1.29, 1.82) is 0 Å². The lowest BCUT2D eigenvalue weighted by Gasteiger charge is -1.96. The molecule has 4 heteroatoms. The highest BCUT2D eigenvalue weighted by molar-refractivity contribution is 5.66. The van der Waals surface area contributed by atoms with Crippen LogP contribution in [0, 0.1) is 0 Å². The molecule has 1 saturated carbocycles. The van der Waals surface area contributed by atoms with Gasteiger partial charge in [0.1, 0.15) is 0 Å². The highest BCUT2D eigenvalue weighted by Gasteiger charge is 2.25. The first kappa shape index (κ1) is 7.34. The van der Waals surface area contributed by atoms with Crippen LogP contribution in [0.3, 0.4) is 0 Å². The van der Waals surface area contributed by atoms with Crippen LogP contribution < -0.4 is 4.84 Å². The van der Waals surface area contributed by atoms with E-state index in [2.05, 4.69) is 5.10 Å². The largest absolute Gasteiger partial charge is 0.331 e. The smallest absolute Gasteiger partial charge is 0.320 e. The van der Waals surface area contributed by atoms with Crippen molar-refractivity contribution in [3.63, 3.8) is 0 Å². The van der Waals surface area contributed by atoms with Gasteiger partial charge in [-0.05, 0) is 24.3 Å². The van der Waals surface area contributed by atoms with Crippen LogP contribution in [0.15, 0.2) is 12.4 Å². The molecular weight excluding hydrogens is 156 g/mol. The molecule has 12 heavy (non-hydrogen) atoms. The van der Waals surface area contributed by atoms with Gasteiger partial charge in [0.05, 0.1) is 12.4 Å². The molecule has 1 heterocycles. The molecule has 1 aliphatic carbocycles. The third kappa shape index (κ3) is 1.47. The molecule has 0 amide bonds. The summed E-state index contributed by atoms with van der Waals surface area (Å²) in [6.07, 6.45) is 5.97. The molecule has 0 aromatic carbocycles. The summed E-state index contributed by atoms with van der Waals surface area (Å²) < 4.78 is 0. The third-order valence-corrected chi connectivity index (χ3v) is 1.85. The van der Waals surface area contributed by atoms with Crippen molar-refractivity contribution in [2.24, 2.45) is 0 Å². The second-order valence-corrected chi connectivity index (χ2v) is 3.03. The molecular formula is C8H10N2O2. The average Bonchev–Trinajstić information content (AvgIpc) is 2.73. The molecule has 2 rings (SSSR count). The van der Waals surface area contributed by atoms with Gasteiger partial charge in [-0.25, -0.2) is 4.79 Å². The predicted molar refractivity (Wildman–Crippen MR) is 41.5 cm³/mol. The Morgan fingerprint density at radius 3 is 3.08 bits per heavy atom. The summed E-state index contributed by atoms with van der Waals surface area (Å²) in [4.78, 5) is 16.5. The molecule has 64 valence electrons. The van der Waals surface area contributed by atoms with Gasteiger partial charge in [0.15, 0.2) is 0 Å². The number of hydrogen-bond acceptors (Lipinski definition) is 3. The Kier molecular flexibility index (Phi) is 1.60. The Morgan fingerprint density at radius 1 is 1.75 bits per heavy atom. The summed E-state index contributed by atoms with van der Waals surface area (Å²) in [5.74, 6) is 0.301. The molecule has 0 saturated heterocycles. The number of aromatic nitrogens is 2. The number of rotatable bonds is 2. The first-order valence-electron chi connectivity index (χ1n) is 3.99. The molecule has 1 aliphatic rings. The van der Waals surface area contributed by atoms with E-state index in [1.807, 2.05) is 0 Å². The molecule has 4 nitrogen and oxygen atoms in total. The predicted octanol–water partition coefficient (Wildman–Crippen LogP) is 0.736. The van der Waals surface area contributed by atoms with Crippen LogP contribution >= 0.6 is 0 Å². The molecule has 0 atom stereocenters. The Morgan fingerprint density at radius 2 is 2.50 bits per heavy atom. The molecule has 1 aromatic rings. The van der Waals surface area contributed by atoms with Gasteiger partial charge >= 0.3 is 5.97 Å². The summed E-state index contributed by atoms with van der Waals surface area (Å²) in [6, 6.07) is 0. The second kappa shape index (κ2) is 2.62. The van der Waals surface area contributed by atoms with Crippen molar-refractivity contribution < 1.29 is 9.63 Å². The van der Waals surface area contributed by atoms with Crippen molar-refractivity contribution in [3.05, 3.63) is 18.0 Å². The van der Waals surface area contributed by atoms with E-state index in [1.54, 1.807) is 12.4 Å². The highest BCUT2D eigenvalue weighted by Crippen LogP contribution is 2.39. The van der Waals surface area contributed by atoms with E-state index in [1.165, 1.54) is 24.6 Å². The quantitative estimate of drug-likeness (QED) is 0.650. The van der Waals surface area contributed by atoms with Crippen LogP contribution in [0.4, 0.5) is 0 Å². The van der Waals surface area contributed by atoms with Crippen molar-refractivity contribution >= 4 is 5.97 Å². The first-order chi connectivity index (χ1) is 5.75. The van der Waals surface area contributed by atoms with Crippen LogP contribution in [-0.4, -0.2) is 15.9 Å². The monoisotopic (exact) mass is 166 g/mol. The molecule has 0 aliphatic heterocycles. The van der Waals surface area contributed by atoms with Crippen LogP contribution in [0.25, 0.3) is 0 Å². The van der Waals surface area contributed by atoms with E-state index in [0.29, 0.717) is 5.92 Å². The zero-order chi connectivity index (χ0) is 8.55. The van der Waals surface area contributed by atoms with Gasteiger partial charge in [0.2, 0.25) is 0 Å². The number of carbonyl (C=O) groups is 1. The Balaban J connectivity index is 2.07. The molecule has 0 N–H and O–H groups in total. The zero-order valence-corrected chi connectivity index (χ0v) is 6.86. The molecule has 0 bridgehead atoms. The normalized spacial score (nSPS) is 16.1. The van der Waals surface area contributed by atoms with Gasteiger partial charge in [-0.2, -0.15) is 0 Å². The lowest BCUT2D eigenvalue weighted by Crippen LogP contribution is -2.16. The van der Waals surface area contributed by atoms with Gasteiger partial charge in [-0.3, -0.25) is 0 Å². The minimum Gasteiger partial charge on any atom is -0.320 e. The molecule has 0 unspecified atom stereocenters. The van der Waals surface area contributed by atoms with E-state index >= 15 is 0 Å². The van der Waals surface area contributed by atoms with E-state index in [-0.39, 0.29) is 5.97 Å². The highest BCUT2D eigenvalue weighted by atomic mass is 16.7. The number of carbonyl (C=O) groups excluding carboxylic acids is 1. The second-order valence-electron chi connectivity index (χ2n) is 3.03. The summed E-state index contributed by atoms with van der Waals surface area (Å²) in [5.41, 5.74) is 1.16. The van der Waals surface area contributed by atoms with Crippen LogP contribution in [0.5, 0.6) is 0 Å². The van der Waals surface area contributed by atoms with Crippen molar-refractivity contribution in [3.8, 4) is 0 Å². The lowest BCUT2D eigenvalue weighted by atomic mass is 10.2. The third-order valence-electron chi connectivity index (χ3n) is 1.85. The molecule has 0 radical (unpaired) electrons. The van der Waals surface area contributed by atoms with Crippen molar-refractivity contribution in [2.75, 3.05) is 0 Å². The Labute approximate surface area is 70.1 Å². The Hall–Kier alpha value is -1.32. The van der Waals surface area contributed by atoms with Crippen LogP contribution in [-0.2, 0) is 4.79 Å². The van der Waals surface area contributed by atoms with E-state index in [4.69, 9.17) is 4.84 Å². The van der Waals surface area contributed by atoms with Gasteiger partial charge in [-0.1, -0.05) is 4.85 Å². The van der Waals surface area contributed by atoms with Crippen molar-refractivity contribution in [1.82, 2.24) is 9.94 Å². The number of nitrogens with zero attached hydrogens (tertiary/aromatic N) is 2. The topological polar surface area (TPSA) is 44.1 Å². The fourth-order valence-electron chi connectivity index (χ4n) is 1.13. The molecule has 1 fully saturated rings. The van der Waals surface area contributed by atoms with E-state index in [9.17, 15) is 4.79 Å².